The van der Waals surface area contributed by atoms with Crippen molar-refractivity contribution in [2.75, 3.05) is 24.2 Å². The van der Waals surface area contributed by atoms with Gasteiger partial charge in [0, 0.05) is 13.2 Å². The van der Waals surface area contributed by atoms with E-state index in [4.69, 9.17) is 10.5 Å². The Morgan fingerprint density at radius 2 is 2.12 bits per heavy atom. The summed E-state index contributed by atoms with van der Waals surface area (Å²) < 4.78 is 18.4. The first kappa shape index (κ1) is 13.8. The van der Waals surface area contributed by atoms with E-state index in [0.29, 0.717) is 11.4 Å². The number of hydrogen-bond donors (Lipinski definition) is 2. The number of benzene rings is 1. The zero-order valence-corrected chi connectivity index (χ0v) is 10.5. The van der Waals surface area contributed by atoms with Gasteiger partial charge in [0.15, 0.2) is 0 Å². The van der Waals surface area contributed by atoms with Crippen LogP contribution in [0.3, 0.4) is 0 Å². The van der Waals surface area contributed by atoms with Crippen LogP contribution < -0.4 is 11.1 Å². The second kappa shape index (κ2) is 7.12. The average Bonchev–Trinajstić information content (AvgIpc) is 2.27. The van der Waals surface area contributed by atoms with Gasteiger partial charge in [0.2, 0.25) is 0 Å². The molecule has 0 fully saturated rings. The van der Waals surface area contributed by atoms with Gasteiger partial charge in [0.05, 0.1) is 17.5 Å². The van der Waals surface area contributed by atoms with E-state index in [1.807, 2.05) is 13.8 Å². The normalized spacial score (nSPS) is 10.8. The summed E-state index contributed by atoms with van der Waals surface area (Å²) in [5, 5.41) is 3.12. The summed E-state index contributed by atoms with van der Waals surface area (Å²) in [5.41, 5.74) is 6.95. The van der Waals surface area contributed by atoms with Crippen molar-refractivity contribution in [2.24, 2.45) is 0 Å². The zero-order valence-electron chi connectivity index (χ0n) is 10.5. The molecule has 96 valence electrons. The van der Waals surface area contributed by atoms with Crippen LogP contribution in [0.4, 0.5) is 15.8 Å². The topological polar surface area (TPSA) is 47.3 Å². The molecule has 0 bridgehead atoms. The van der Waals surface area contributed by atoms with Crippen LogP contribution >= 0.6 is 0 Å². The Bertz CT molecular complexity index is 342. The van der Waals surface area contributed by atoms with Crippen LogP contribution in [0.25, 0.3) is 0 Å². The zero-order chi connectivity index (χ0) is 12.7. The standard InChI is InChI=1S/C13H21FN2O/c1-10(2)17-8-4-3-7-16-13-9-11(14)5-6-12(13)15/h5-6,9-10,16H,3-4,7-8,15H2,1-2H3. The lowest BCUT2D eigenvalue weighted by Crippen LogP contribution is -2.08. The van der Waals surface area contributed by atoms with Crippen molar-refractivity contribution in [3.63, 3.8) is 0 Å². The molecule has 0 spiro atoms. The summed E-state index contributed by atoms with van der Waals surface area (Å²) >= 11 is 0. The van der Waals surface area contributed by atoms with Crippen LogP contribution in [0, 0.1) is 5.82 Å². The summed E-state index contributed by atoms with van der Waals surface area (Å²) in [6.07, 6.45) is 2.24. The van der Waals surface area contributed by atoms with Gasteiger partial charge < -0.3 is 15.8 Å². The molecule has 0 aliphatic carbocycles. The number of unbranched alkanes of at least 4 members (excludes halogenated alkanes) is 1. The van der Waals surface area contributed by atoms with E-state index in [2.05, 4.69) is 5.32 Å². The molecule has 3 nitrogen and oxygen atoms in total. The minimum Gasteiger partial charge on any atom is -0.397 e. The first-order valence-electron chi connectivity index (χ1n) is 6.00. The van der Waals surface area contributed by atoms with E-state index in [1.165, 1.54) is 12.1 Å². The fourth-order valence-corrected chi connectivity index (χ4v) is 1.45. The minimum absolute atomic E-state index is 0.273. The maximum atomic E-state index is 13.0. The molecule has 4 heteroatoms. The third-order valence-electron chi connectivity index (χ3n) is 2.35. The smallest absolute Gasteiger partial charge is 0.125 e. The van der Waals surface area contributed by atoms with Gasteiger partial charge in [-0.1, -0.05) is 0 Å². The van der Waals surface area contributed by atoms with E-state index in [9.17, 15) is 4.39 Å². The number of nitrogens with one attached hydrogen (secondary N) is 1. The monoisotopic (exact) mass is 240 g/mol. The summed E-state index contributed by atoms with van der Waals surface area (Å²) in [5.74, 6) is -0.273. The number of nitrogen functional groups attached to an aromatic ring is 1. The first-order valence-corrected chi connectivity index (χ1v) is 6.00. The molecule has 3 N–H and O–H groups in total. The predicted molar refractivity (Wildman–Crippen MR) is 69.6 cm³/mol. The highest BCUT2D eigenvalue weighted by Gasteiger charge is 2.00. The minimum atomic E-state index is -0.273. The van der Waals surface area contributed by atoms with Crippen LogP contribution in [0.5, 0.6) is 0 Å². The quantitative estimate of drug-likeness (QED) is 0.569. The van der Waals surface area contributed by atoms with Gasteiger partial charge in [0.25, 0.3) is 0 Å². The van der Waals surface area contributed by atoms with E-state index in [1.54, 1.807) is 6.07 Å². The molecule has 0 heterocycles. The Balaban J connectivity index is 2.20. The van der Waals surface area contributed by atoms with Crippen LogP contribution in [-0.2, 0) is 4.74 Å². The molecule has 0 unspecified atom stereocenters. The number of anilines is 2. The molecule has 0 saturated carbocycles. The van der Waals surface area contributed by atoms with Crippen molar-refractivity contribution in [3.8, 4) is 0 Å². The number of nitrogens with two attached hydrogens (primary N) is 1. The molecular formula is C13H21FN2O. The first-order chi connectivity index (χ1) is 8.09. The largest absolute Gasteiger partial charge is 0.397 e. The third kappa shape index (κ3) is 5.54. The highest BCUT2D eigenvalue weighted by Crippen LogP contribution is 2.18. The third-order valence-corrected chi connectivity index (χ3v) is 2.35. The Kier molecular flexibility index (Phi) is 5.77. The fraction of sp³-hybridized carbons (Fsp3) is 0.538. The van der Waals surface area contributed by atoms with E-state index in [-0.39, 0.29) is 11.9 Å². The van der Waals surface area contributed by atoms with Gasteiger partial charge in [-0.05, 0) is 44.9 Å². The Morgan fingerprint density at radius 1 is 1.35 bits per heavy atom. The molecule has 0 aromatic heterocycles. The van der Waals surface area contributed by atoms with Crippen molar-refractivity contribution in [2.45, 2.75) is 32.8 Å². The molecule has 0 saturated heterocycles. The van der Waals surface area contributed by atoms with Crippen molar-refractivity contribution < 1.29 is 9.13 Å². The maximum Gasteiger partial charge on any atom is 0.125 e. The van der Waals surface area contributed by atoms with Gasteiger partial charge in [-0.25, -0.2) is 4.39 Å². The lowest BCUT2D eigenvalue weighted by Gasteiger charge is -2.10. The lowest BCUT2D eigenvalue weighted by molar-refractivity contribution is 0.0765. The summed E-state index contributed by atoms with van der Waals surface area (Å²) in [6.45, 7) is 5.57. The molecular weight excluding hydrogens is 219 g/mol. The second-order valence-corrected chi connectivity index (χ2v) is 4.29. The maximum absolute atomic E-state index is 13.0. The molecule has 0 amide bonds. The molecule has 17 heavy (non-hydrogen) atoms. The predicted octanol–water partition coefficient (Wildman–Crippen LogP) is 3.03. The highest BCUT2D eigenvalue weighted by atomic mass is 19.1. The summed E-state index contributed by atoms with van der Waals surface area (Å²) in [7, 11) is 0. The van der Waals surface area contributed by atoms with Crippen LogP contribution in [0.2, 0.25) is 0 Å². The number of rotatable bonds is 7. The number of ether oxygens (including phenoxy) is 1. The van der Waals surface area contributed by atoms with E-state index < -0.39 is 0 Å². The number of hydrogen-bond acceptors (Lipinski definition) is 3. The van der Waals surface area contributed by atoms with E-state index in [0.717, 1.165) is 26.0 Å². The Labute approximate surface area is 102 Å². The van der Waals surface area contributed by atoms with Gasteiger partial charge in [-0.3, -0.25) is 0 Å². The second-order valence-electron chi connectivity index (χ2n) is 4.29. The van der Waals surface area contributed by atoms with Crippen LogP contribution in [0.1, 0.15) is 26.7 Å². The van der Waals surface area contributed by atoms with Crippen molar-refractivity contribution in [1.29, 1.82) is 0 Å². The Hall–Kier alpha value is -1.29. The number of halogens is 1. The SMILES string of the molecule is CC(C)OCCCCNc1cc(F)ccc1N. The van der Waals surface area contributed by atoms with Crippen molar-refractivity contribution >= 4 is 11.4 Å². The molecule has 1 aromatic rings. The van der Waals surface area contributed by atoms with Gasteiger partial charge in [-0.2, -0.15) is 0 Å². The van der Waals surface area contributed by atoms with Gasteiger partial charge >= 0.3 is 0 Å². The summed E-state index contributed by atoms with van der Waals surface area (Å²) in [4.78, 5) is 0. The highest BCUT2D eigenvalue weighted by molar-refractivity contribution is 5.65. The molecule has 1 aromatic carbocycles. The molecule has 0 atom stereocenters. The molecule has 1 rings (SSSR count). The lowest BCUT2D eigenvalue weighted by atomic mass is 10.2. The van der Waals surface area contributed by atoms with Crippen LogP contribution in [0.15, 0.2) is 18.2 Å². The van der Waals surface area contributed by atoms with Gasteiger partial charge in [-0.15, -0.1) is 0 Å². The van der Waals surface area contributed by atoms with Gasteiger partial charge in [0.1, 0.15) is 5.82 Å². The Morgan fingerprint density at radius 3 is 2.82 bits per heavy atom. The van der Waals surface area contributed by atoms with Crippen molar-refractivity contribution in [1.82, 2.24) is 0 Å². The molecule has 0 aliphatic rings. The van der Waals surface area contributed by atoms with E-state index >= 15 is 0 Å². The van der Waals surface area contributed by atoms with Crippen molar-refractivity contribution in [3.05, 3.63) is 24.0 Å². The summed E-state index contributed by atoms with van der Waals surface area (Å²) in [6, 6.07) is 4.34. The fourth-order valence-electron chi connectivity index (χ4n) is 1.45. The average molecular weight is 240 g/mol. The molecule has 0 radical (unpaired) electrons. The molecule has 0 aliphatic heterocycles. The van der Waals surface area contributed by atoms with Crippen LogP contribution in [-0.4, -0.2) is 19.3 Å².